The number of hydrogen-bond donors (Lipinski definition) is 1. The molecule has 5 heteroatoms. The fourth-order valence-corrected chi connectivity index (χ4v) is 4.83. The van der Waals surface area contributed by atoms with E-state index in [4.69, 9.17) is 16.3 Å². The molecule has 26 heavy (non-hydrogen) atoms. The average Bonchev–Trinajstić information content (AvgIpc) is 2.89. The molecule has 2 aliphatic rings. The number of halogens is 1. The molecule has 4 rings (SSSR count). The van der Waals surface area contributed by atoms with Gasteiger partial charge in [0.1, 0.15) is 11.2 Å². The van der Waals surface area contributed by atoms with Crippen LogP contribution in [0.25, 0.3) is 0 Å². The molecule has 1 spiro atoms. The van der Waals surface area contributed by atoms with Gasteiger partial charge in [-0.05, 0) is 35.7 Å². The Hall–Kier alpha value is -2.17. The molecule has 2 aromatic carbocycles. The Morgan fingerprint density at radius 3 is 2.65 bits per heavy atom. The Bertz CT molecular complexity index is 910. The van der Waals surface area contributed by atoms with Crippen LogP contribution in [-0.2, 0) is 19.7 Å². The molecule has 1 aliphatic heterocycles. The number of fused-ring (bicyclic) bond motifs is 2. The maximum atomic E-state index is 13.3. The third-order valence-corrected chi connectivity index (χ3v) is 6.04. The van der Waals surface area contributed by atoms with Gasteiger partial charge in [0.05, 0.1) is 6.10 Å². The van der Waals surface area contributed by atoms with Gasteiger partial charge in [0, 0.05) is 36.6 Å². The van der Waals surface area contributed by atoms with E-state index >= 15 is 0 Å². The summed E-state index contributed by atoms with van der Waals surface area (Å²) >= 11 is 6.13. The maximum absolute atomic E-state index is 13.3. The summed E-state index contributed by atoms with van der Waals surface area (Å²) < 4.78 is 5.73. The maximum Gasteiger partial charge on any atom is 0.238 e. The molecule has 0 aromatic heterocycles. The first-order chi connectivity index (χ1) is 12.5. The van der Waals surface area contributed by atoms with Crippen molar-refractivity contribution in [3.05, 3.63) is 64.2 Å². The number of aryl methyl sites for hydroxylation is 1. The van der Waals surface area contributed by atoms with Crippen molar-refractivity contribution in [3.63, 3.8) is 0 Å². The summed E-state index contributed by atoms with van der Waals surface area (Å²) in [5.74, 6) is -0.286. The molecule has 134 valence electrons. The van der Waals surface area contributed by atoms with Crippen molar-refractivity contribution in [1.82, 2.24) is 0 Å². The van der Waals surface area contributed by atoms with Crippen LogP contribution < -0.4 is 5.32 Å². The number of amides is 1. The van der Waals surface area contributed by atoms with Crippen LogP contribution in [0.2, 0.25) is 5.02 Å². The first-order valence-corrected chi connectivity index (χ1v) is 9.07. The van der Waals surface area contributed by atoms with Gasteiger partial charge < -0.3 is 10.1 Å². The highest BCUT2D eigenvalue weighted by atomic mass is 35.5. The van der Waals surface area contributed by atoms with Crippen molar-refractivity contribution in [2.75, 3.05) is 12.4 Å². The van der Waals surface area contributed by atoms with E-state index in [1.165, 1.54) is 0 Å². The summed E-state index contributed by atoms with van der Waals surface area (Å²) in [5, 5.41) is 3.55. The number of carbonyl (C=O) groups excluding carboxylic acids is 2. The quantitative estimate of drug-likeness (QED) is 0.870. The van der Waals surface area contributed by atoms with E-state index in [9.17, 15) is 9.59 Å². The van der Waals surface area contributed by atoms with E-state index in [-0.39, 0.29) is 24.0 Å². The second-order valence-corrected chi connectivity index (χ2v) is 7.53. The molecule has 4 nitrogen and oxygen atoms in total. The predicted molar refractivity (Wildman–Crippen MR) is 101 cm³/mol. The molecule has 0 saturated heterocycles. The second-order valence-electron chi connectivity index (χ2n) is 7.09. The Morgan fingerprint density at radius 2 is 1.92 bits per heavy atom. The zero-order valence-electron chi connectivity index (χ0n) is 14.7. The number of ketones is 1. The van der Waals surface area contributed by atoms with Crippen molar-refractivity contribution >= 4 is 29.0 Å². The average molecular weight is 370 g/mol. The SMILES string of the molecule is CO[C@H]1CC(=O)C[C@@H](c2ccccc2C)[C@]12C(=O)Nc1cc(Cl)ccc12. The summed E-state index contributed by atoms with van der Waals surface area (Å²) in [6, 6.07) is 13.4. The minimum atomic E-state index is -0.936. The van der Waals surface area contributed by atoms with Gasteiger partial charge in [-0.3, -0.25) is 9.59 Å². The number of rotatable bonds is 2. The van der Waals surface area contributed by atoms with Gasteiger partial charge in [-0.2, -0.15) is 0 Å². The van der Waals surface area contributed by atoms with Crippen LogP contribution in [0.3, 0.4) is 0 Å². The minimum absolute atomic E-state index is 0.117. The van der Waals surface area contributed by atoms with Crippen LogP contribution in [0.1, 0.15) is 35.4 Å². The fourth-order valence-electron chi connectivity index (χ4n) is 4.66. The van der Waals surface area contributed by atoms with Crippen molar-refractivity contribution in [1.29, 1.82) is 0 Å². The number of anilines is 1. The highest BCUT2D eigenvalue weighted by Crippen LogP contribution is 2.55. The summed E-state index contributed by atoms with van der Waals surface area (Å²) in [6.45, 7) is 2.01. The summed E-state index contributed by atoms with van der Waals surface area (Å²) in [7, 11) is 1.57. The molecule has 1 amide bonds. The lowest BCUT2D eigenvalue weighted by atomic mass is 9.58. The van der Waals surface area contributed by atoms with Crippen LogP contribution in [0.4, 0.5) is 5.69 Å². The standard InChI is InChI=1S/C21H20ClNO3/c1-12-5-3-4-6-15(12)17-10-14(24)11-19(26-2)21(17)16-8-7-13(22)9-18(16)23-20(21)25/h3-9,17,19H,10-11H2,1-2H3,(H,23,25)/t17-,19-,21-/m0/s1. The molecule has 3 atom stereocenters. The van der Waals surface area contributed by atoms with E-state index in [2.05, 4.69) is 5.32 Å². The van der Waals surface area contributed by atoms with Gasteiger partial charge >= 0.3 is 0 Å². The summed E-state index contributed by atoms with van der Waals surface area (Å²) in [6.07, 6.45) is 0.0324. The lowest BCUT2D eigenvalue weighted by molar-refractivity contribution is -0.137. The first-order valence-electron chi connectivity index (χ1n) is 8.70. The van der Waals surface area contributed by atoms with Gasteiger partial charge in [-0.25, -0.2) is 0 Å². The first kappa shape index (κ1) is 17.3. The van der Waals surface area contributed by atoms with Gasteiger partial charge in [0.15, 0.2) is 0 Å². The number of hydrogen-bond acceptors (Lipinski definition) is 3. The number of Topliss-reactive ketones (excluding diaryl/α,β-unsaturated/α-hetero) is 1. The third-order valence-electron chi connectivity index (χ3n) is 5.80. The topological polar surface area (TPSA) is 55.4 Å². The van der Waals surface area contributed by atoms with E-state index in [1.54, 1.807) is 19.2 Å². The lowest BCUT2D eigenvalue weighted by Crippen LogP contribution is -2.55. The van der Waals surface area contributed by atoms with E-state index in [0.29, 0.717) is 17.1 Å². The van der Waals surface area contributed by atoms with Crippen LogP contribution >= 0.6 is 11.6 Å². The van der Waals surface area contributed by atoms with Crippen molar-refractivity contribution < 1.29 is 14.3 Å². The Kier molecular flexibility index (Phi) is 4.13. The highest BCUT2D eigenvalue weighted by Gasteiger charge is 2.61. The number of ether oxygens (including phenoxy) is 1. The molecule has 1 heterocycles. The van der Waals surface area contributed by atoms with Crippen LogP contribution in [0.5, 0.6) is 0 Å². The molecule has 2 aromatic rings. The number of nitrogens with one attached hydrogen (secondary N) is 1. The molecule has 0 radical (unpaired) electrons. The zero-order valence-corrected chi connectivity index (χ0v) is 15.5. The van der Waals surface area contributed by atoms with E-state index in [1.807, 2.05) is 37.3 Å². The molecule has 1 N–H and O–H groups in total. The van der Waals surface area contributed by atoms with Gasteiger partial charge in [-0.1, -0.05) is 41.9 Å². The van der Waals surface area contributed by atoms with Crippen LogP contribution in [0, 0.1) is 6.92 Å². The molecular weight excluding hydrogens is 350 g/mol. The van der Waals surface area contributed by atoms with E-state index in [0.717, 1.165) is 16.7 Å². The number of carbonyl (C=O) groups is 2. The number of methoxy groups -OCH3 is 1. The smallest absolute Gasteiger partial charge is 0.238 e. The third kappa shape index (κ3) is 2.32. The van der Waals surface area contributed by atoms with Crippen molar-refractivity contribution in [2.45, 2.75) is 37.2 Å². The van der Waals surface area contributed by atoms with Crippen LogP contribution in [-0.4, -0.2) is 24.9 Å². The highest BCUT2D eigenvalue weighted by molar-refractivity contribution is 6.31. The zero-order chi connectivity index (χ0) is 18.5. The summed E-state index contributed by atoms with van der Waals surface area (Å²) in [4.78, 5) is 25.9. The van der Waals surface area contributed by atoms with Crippen LogP contribution in [0.15, 0.2) is 42.5 Å². The lowest BCUT2D eigenvalue weighted by Gasteiger charge is -2.45. The Morgan fingerprint density at radius 1 is 1.15 bits per heavy atom. The van der Waals surface area contributed by atoms with Crippen molar-refractivity contribution in [3.8, 4) is 0 Å². The minimum Gasteiger partial charge on any atom is -0.379 e. The number of benzene rings is 2. The molecular formula is C21H20ClNO3. The monoisotopic (exact) mass is 369 g/mol. The Labute approximate surface area is 157 Å². The molecule has 1 fully saturated rings. The predicted octanol–water partition coefficient (Wildman–Crippen LogP) is 4.00. The van der Waals surface area contributed by atoms with E-state index < -0.39 is 11.5 Å². The molecule has 0 bridgehead atoms. The second kappa shape index (κ2) is 6.22. The Balaban J connectivity index is 1.99. The molecule has 1 saturated carbocycles. The summed E-state index contributed by atoms with van der Waals surface area (Å²) in [5.41, 5.74) is 2.71. The molecule has 1 aliphatic carbocycles. The fraction of sp³-hybridized carbons (Fsp3) is 0.333. The van der Waals surface area contributed by atoms with Crippen molar-refractivity contribution in [2.24, 2.45) is 0 Å². The largest absolute Gasteiger partial charge is 0.379 e. The normalized spacial score (nSPS) is 27.5. The van der Waals surface area contributed by atoms with Gasteiger partial charge in [-0.15, -0.1) is 0 Å². The van der Waals surface area contributed by atoms with Gasteiger partial charge in [0.2, 0.25) is 5.91 Å². The molecule has 0 unspecified atom stereocenters. The van der Waals surface area contributed by atoms with Gasteiger partial charge in [0.25, 0.3) is 0 Å².